The molecule has 0 aromatic heterocycles. The highest BCUT2D eigenvalue weighted by Crippen LogP contribution is 2.30. The predicted octanol–water partition coefficient (Wildman–Crippen LogP) is 5.46. The fraction of sp³-hybridized carbons (Fsp3) is 0.0870. The summed E-state index contributed by atoms with van der Waals surface area (Å²) in [4.78, 5) is 23.6. The van der Waals surface area contributed by atoms with Gasteiger partial charge in [-0.3, -0.25) is 14.9 Å². The van der Waals surface area contributed by atoms with Crippen molar-refractivity contribution in [3.63, 3.8) is 0 Å². The zero-order chi connectivity index (χ0) is 19.9. The van der Waals surface area contributed by atoms with Gasteiger partial charge in [-0.15, -0.1) is 0 Å². The van der Waals surface area contributed by atoms with E-state index >= 15 is 0 Å². The minimum Gasteiger partial charge on any atom is -0.482 e. The Kier molecular flexibility index (Phi) is 5.97. The lowest BCUT2D eigenvalue weighted by Crippen LogP contribution is -2.04. The van der Waals surface area contributed by atoms with E-state index in [2.05, 4.69) is 0 Å². The van der Waals surface area contributed by atoms with E-state index in [1.807, 2.05) is 60.7 Å². The molecule has 3 aromatic rings. The van der Waals surface area contributed by atoms with Crippen molar-refractivity contribution in [2.24, 2.45) is 0 Å². The Morgan fingerprint density at radius 2 is 1.64 bits per heavy atom. The van der Waals surface area contributed by atoms with Gasteiger partial charge >= 0.3 is 5.69 Å². The van der Waals surface area contributed by atoms with Crippen LogP contribution in [0.5, 0.6) is 5.75 Å². The van der Waals surface area contributed by atoms with Gasteiger partial charge in [-0.25, -0.2) is 0 Å². The average molecular weight is 373 g/mol. The van der Waals surface area contributed by atoms with E-state index in [0.717, 1.165) is 11.1 Å². The molecule has 0 heterocycles. The van der Waals surface area contributed by atoms with E-state index in [1.54, 1.807) is 13.0 Å². The van der Waals surface area contributed by atoms with E-state index in [-0.39, 0.29) is 23.8 Å². The molecule has 0 amide bonds. The molecule has 0 saturated heterocycles. The van der Waals surface area contributed by atoms with Crippen molar-refractivity contribution in [3.05, 3.63) is 111 Å². The first-order valence-electron chi connectivity index (χ1n) is 8.78. The summed E-state index contributed by atoms with van der Waals surface area (Å²) < 4.78 is 5.66. The number of hydrogen-bond donors (Lipinski definition) is 0. The van der Waals surface area contributed by atoms with Crippen LogP contribution >= 0.6 is 0 Å². The van der Waals surface area contributed by atoms with Crippen LogP contribution in [0, 0.1) is 10.1 Å². The van der Waals surface area contributed by atoms with Crippen molar-refractivity contribution in [1.82, 2.24) is 0 Å². The van der Waals surface area contributed by atoms with Crippen molar-refractivity contribution < 1.29 is 14.5 Å². The van der Waals surface area contributed by atoms with Gasteiger partial charge in [0.2, 0.25) is 0 Å². The summed E-state index contributed by atoms with van der Waals surface area (Å²) in [6, 6.07) is 23.1. The van der Waals surface area contributed by atoms with Crippen LogP contribution in [0.2, 0.25) is 0 Å². The molecule has 0 spiro atoms. The summed E-state index contributed by atoms with van der Waals surface area (Å²) in [5.74, 6) is -0.129. The van der Waals surface area contributed by atoms with Crippen LogP contribution in [0.1, 0.15) is 28.4 Å². The number of Topliss-reactive ketones (excluding diaryl/α,β-unsaturated/α-hetero) is 1. The summed E-state index contributed by atoms with van der Waals surface area (Å²) >= 11 is 0. The molecule has 0 bridgehead atoms. The lowest BCUT2D eigenvalue weighted by atomic mass is 10.0. The smallest absolute Gasteiger partial charge is 0.310 e. The minimum atomic E-state index is -0.513. The van der Waals surface area contributed by atoms with Gasteiger partial charge in [0.05, 0.1) is 4.92 Å². The summed E-state index contributed by atoms with van der Waals surface area (Å²) in [6.07, 6.45) is 1.79. The number of carbonyl (C=O) groups excluding carboxylic acids is 1. The lowest BCUT2D eigenvalue weighted by Gasteiger charge is -2.09. The van der Waals surface area contributed by atoms with Crippen molar-refractivity contribution >= 4 is 17.5 Å². The number of hydrogen-bond acceptors (Lipinski definition) is 4. The van der Waals surface area contributed by atoms with Gasteiger partial charge in [0, 0.05) is 11.6 Å². The maximum Gasteiger partial charge on any atom is 0.310 e. The van der Waals surface area contributed by atoms with Gasteiger partial charge < -0.3 is 4.74 Å². The fourth-order valence-corrected chi connectivity index (χ4v) is 2.75. The second-order valence-electron chi connectivity index (χ2n) is 6.28. The number of allylic oxidation sites excluding steroid dienone is 1. The van der Waals surface area contributed by atoms with Gasteiger partial charge in [-0.1, -0.05) is 60.7 Å². The number of nitrogens with zero attached hydrogens (tertiary/aromatic N) is 1. The first-order valence-corrected chi connectivity index (χ1v) is 8.78. The molecular weight excluding hydrogens is 354 g/mol. The molecule has 0 saturated carbocycles. The largest absolute Gasteiger partial charge is 0.482 e. The quantitative estimate of drug-likeness (QED) is 0.239. The molecule has 0 unspecified atom stereocenters. The van der Waals surface area contributed by atoms with E-state index in [0.29, 0.717) is 11.1 Å². The zero-order valence-electron chi connectivity index (χ0n) is 15.4. The molecule has 0 aliphatic carbocycles. The van der Waals surface area contributed by atoms with Gasteiger partial charge in [-0.05, 0) is 41.8 Å². The molecule has 28 heavy (non-hydrogen) atoms. The molecule has 0 atom stereocenters. The molecule has 0 N–H and O–H groups in total. The van der Waals surface area contributed by atoms with E-state index in [4.69, 9.17) is 4.74 Å². The number of benzene rings is 3. The normalized spacial score (nSPS) is 11.1. The zero-order valence-corrected chi connectivity index (χ0v) is 15.4. The van der Waals surface area contributed by atoms with E-state index in [1.165, 1.54) is 18.2 Å². The summed E-state index contributed by atoms with van der Waals surface area (Å²) in [5.41, 5.74) is 2.51. The Labute approximate surface area is 163 Å². The van der Waals surface area contributed by atoms with Crippen LogP contribution in [-0.4, -0.2) is 10.7 Å². The fourth-order valence-electron chi connectivity index (χ4n) is 2.75. The van der Waals surface area contributed by atoms with Gasteiger partial charge in [0.1, 0.15) is 6.61 Å². The highest BCUT2D eigenvalue weighted by molar-refractivity contribution is 6.11. The van der Waals surface area contributed by atoms with Gasteiger partial charge in [0.25, 0.3) is 0 Å². The molecular formula is C23H19NO4. The number of ether oxygens (including phenoxy) is 1. The number of rotatable bonds is 7. The third-order valence-electron chi connectivity index (χ3n) is 4.20. The Hall–Kier alpha value is -3.73. The monoisotopic (exact) mass is 373 g/mol. The molecule has 0 aliphatic heterocycles. The number of carbonyl (C=O) groups is 1. The summed E-state index contributed by atoms with van der Waals surface area (Å²) in [7, 11) is 0. The van der Waals surface area contributed by atoms with Crippen molar-refractivity contribution in [3.8, 4) is 5.75 Å². The molecule has 140 valence electrons. The average Bonchev–Trinajstić information content (AvgIpc) is 2.72. The lowest BCUT2D eigenvalue weighted by molar-refractivity contribution is -0.385. The number of nitro groups is 1. The third kappa shape index (κ3) is 4.71. The molecule has 5 heteroatoms. The molecule has 0 fully saturated rings. The summed E-state index contributed by atoms with van der Waals surface area (Å²) in [5, 5.41) is 11.3. The molecule has 5 nitrogen and oxygen atoms in total. The van der Waals surface area contributed by atoms with Crippen molar-refractivity contribution in [2.45, 2.75) is 13.5 Å². The topological polar surface area (TPSA) is 69.4 Å². The Balaban J connectivity index is 1.86. The molecule has 3 rings (SSSR count). The standard InChI is InChI=1S/C23H19NO4/c1-17(14-18-8-4-2-5-9-18)23(25)20-12-13-21(24(26)27)22(15-20)28-16-19-10-6-3-7-11-19/h2-15H,16H2,1H3. The first-order chi connectivity index (χ1) is 13.5. The van der Waals surface area contributed by atoms with Crippen molar-refractivity contribution in [1.29, 1.82) is 0 Å². The van der Waals surface area contributed by atoms with E-state index < -0.39 is 4.92 Å². The van der Waals surface area contributed by atoms with E-state index in [9.17, 15) is 14.9 Å². The maximum absolute atomic E-state index is 12.8. The van der Waals surface area contributed by atoms with Crippen LogP contribution in [0.25, 0.3) is 6.08 Å². The van der Waals surface area contributed by atoms with Crippen molar-refractivity contribution in [2.75, 3.05) is 0 Å². The van der Waals surface area contributed by atoms with Crippen LogP contribution in [0.3, 0.4) is 0 Å². The molecule has 0 radical (unpaired) electrons. The highest BCUT2D eigenvalue weighted by Gasteiger charge is 2.19. The van der Waals surface area contributed by atoms with Crippen LogP contribution < -0.4 is 4.74 Å². The second-order valence-corrected chi connectivity index (χ2v) is 6.28. The number of nitro benzene ring substituents is 1. The molecule has 0 aliphatic rings. The third-order valence-corrected chi connectivity index (χ3v) is 4.20. The van der Waals surface area contributed by atoms with Crippen LogP contribution in [0.15, 0.2) is 84.4 Å². The number of ketones is 1. The maximum atomic E-state index is 12.8. The first kappa shape index (κ1) is 19.0. The Morgan fingerprint density at radius 1 is 1.00 bits per heavy atom. The SMILES string of the molecule is CC(=Cc1ccccc1)C(=O)c1ccc([N+](=O)[O-])c(OCc2ccccc2)c1. The second kappa shape index (κ2) is 8.77. The van der Waals surface area contributed by atoms with Gasteiger partial charge in [-0.2, -0.15) is 0 Å². The molecule has 3 aromatic carbocycles. The predicted molar refractivity (Wildman–Crippen MR) is 108 cm³/mol. The Bertz CT molecular complexity index is 1010. The van der Waals surface area contributed by atoms with Crippen LogP contribution in [-0.2, 0) is 6.61 Å². The Morgan fingerprint density at radius 3 is 2.29 bits per heavy atom. The highest BCUT2D eigenvalue weighted by atomic mass is 16.6. The summed E-state index contributed by atoms with van der Waals surface area (Å²) in [6.45, 7) is 1.90. The van der Waals surface area contributed by atoms with Crippen LogP contribution in [0.4, 0.5) is 5.69 Å². The minimum absolute atomic E-state index is 0.0761. The van der Waals surface area contributed by atoms with Gasteiger partial charge in [0.15, 0.2) is 11.5 Å².